The van der Waals surface area contributed by atoms with E-state index < -0.39 is 41.2 Å². The molecule has 0 N–H and O–H groups in total. The van der Waals surface area contributed by atoms with Crippen molar-refractivity contribution >= 4 is 12.0 Å². The monoisotopic (exact) mass is 313 g/mol. The summed E-state index contributed by atoms with van der Waals surface area (Å²) in [5, 5.41) is 10.6. The minimum atomic E-state index is -5.02. The molecule has 1 aromatic rings. The smallest absolute Gasteiger partial charge is 0.416 e. The van der Waals surface area contributed by atoms with Crippen LogP contribution in [0, 0.1) is 5.21 Å². The van der Waals surface area contributed by atoms with E-state index in [1.165, 1.54) is 0 Å². The number of carbonyl (C=O) groups excluding carboxylic acids is 1. The van der Waals surface area contributed by atoms with Crippen molar-refractivity contribution in [3.8, 4) is 0 Å². The Bertz CT molecular complexity index is 538. The van der Waals surface area contributed by atoms with E-state index in [2.05, 4.69) is 0 Å². The molecule has 0 spiro atoms. The van der Waals surface area contributed by atoms with Gasteiger partial charge in [-0.3, -0.25) is 4.79 Å². The molecule has 0 fully saturated rings. The van der Waals surface area contributed by atoms with Crippen molar-refractivity contribution in [2.45, 2.75) is 18.8 Å². The van der Waals surface area contributed by atoms with Crippen LogP contribution in [-0.2, 0) is 12.4 Å². The molecule has 0 unspecified atom stereocenters. The van der Waals surface area contributed by atoms with Crippen LogP contribution in [0.5, 0.6) is 0 Å². The van der Waals surface area contributed by atoms with Gasteiger partial charge in [0.05, 0.1) is 17.5 Å². The van der Waals surface area contributed by atoms with Crippen LogP contribution >= 0.6 is 0 Å². The summed E-state index contributed by atoms with van der Waals surface area (Å²) in [6.07, 6.45) is -9.83. The summed E-state index contributed by atoms with van der Waals surface area (Å²) in [5.74, 6) is -1.02. The van der Waals surface area contributed by atoms with Crippen LogP contribution in [0.2, 0.25) is 0 Å². The minimum Gasteiger partial charge on any atom is -0.624 e. The SMILES string of the molecule is C/[N+]([O-])=C/CC(=O)c1cc(C(F)(F)F)cc(C(F)(F)F)c1. The molecule has 0 aliphatic rings. The molecule has 1 rings (SSSR count). The highest BCUT2D eigenvalue weighted by molar-refractivity contribution is 6.03. The predicted octanol–water partition coefficient (Wildman–Crippen LogP) is 3.51. The highest BCUT2D eigenvalue weighted by Gasteiger charge is 2.37. The molecule has 0 amide bonds. The van der Waals surface area contributed by atoms with Gasteiger partial charge in [-0.1, -0.05) is 0 Å². The van der Waals surface area contributed by atoms with Crippen molar-refractivity contribution in [1.29, 1.82) is 0 Å². The third kappa shape index (κ3) is 4.76. The Morgan fingerprint density at radius 3 is 1.86 bits per heavy atom. The number of rotatable bonds is 3. The Kier molecular flexibility index (Phi) is 4.65. The molecule has 0 saturated heterocycles. The Balaban J connectivity index is 3.32. The van der Waals surface area contributed by atoms with E-state index in [1.807, 2.05) is 0 Å². The molecule has 0 atom stereocenters. The highest BCUT2D eigenvalue weighted by atomic mass is 19.4. The standard InChI is InChI=1S/C12H9F6NO2/c1-19(21)3-2-10(20)7-4-8(11(13,14)15)6-9(5-7)12(16,17)18/h3-6H,2H2,1H3/b19-3-. The Hall–Kier alpha value is -2.06. The van der Waals surface area contributed by atoms with Crippen molar-refractivity contribution in [2.24, 2.45) is 0 Å². The van der Waals surface area contributed by atoms with Gasteiger partial charge in [-0.25, -0.2) is 4.74 Å². The zero-order chi connectivity index (χ0) is 16.4. The second kappa shape index (κ2) is 5.74. The number of hydrogen-bond donors (Lipinski definition) is 0. The number of hydrogen-bond acceptors (Lipinski definition) is 2. The van der Waals surface area contributed by atoms with Crippen LogP contribution in [-0.4, -0.2) is 23.8 Å². The van der Waals surface area contributed by atoms with Crippen LogP contribution in [0.15, 0.2) is 18.2 Å². The van der Waals surface area contributed by atoms with Crippen molar-refractivity contribution < 1.29 is 35.9 Å². The molecule has 0 aliphatic carbocycles. The first kappa shape index (κ1) is 17.0. The van der Waals surface area contributed by atoms with Gasteiger partial charge < -0.3 is 5.21 Å². The number of hydroxylamine groups is 1. The molecule has 21 heavy (non-hydrogen) atoms. The van der Waals surface area contributed by atoms with Crippen LogP contribution in [0.1, 0.15) is 27.9 Å². The van der Waals surface area contributed by atoms with Crippen LogP contribution in [0.4, 0.5) is 26.3 Å². The van der Waals surface area contributed by atoms with E-state index in [1.54, 1.807) is 0 Å². The van der Waals surface area contributed by atoms with Gasteiger partial charge in [-0.2, -0.15) is 26.3 Å². The Morgan fingerprint density at radius 1 is 1.10 bits per heavy atom. The molecule has 0 aliphatic heterocycles. The largest absolute Gasteiger partial charge is 0.624 e. The van der Waals surface area contributed by atoms with E-state index in [9.17, 15) is 36.3 Å². The Labute approximate surface area is 115 Å². The third-order valence-electron chi connectivity index (χ3n) is 2.44. The number of nitrogens with zero attached hydrogens (tertiary/aromatic N) is 1. The van der Waals surface area contributed by atoms with Crippen molar-refractivity contribution in [1.82, 2.24) is 0 Å². The van der Waals surface area contributed by atoms with E-state index in [4.69, 9.17) is 0 Å². The quantitative estimate of drug-likeness (QED) is 0.214. The van der Waals surface area contributed by atoms with E-state index in [0.29, 0.717) is 12.1 Å². The Morgan fingerprint density at radius 2 is 1.52 bits per heavy atom. The first-order valence-corrected chi connectivity index (χ1v) is 5.47. The van der Waals surface area contributed by atoms with Crippen LogP contribution < -0.4 is 0 Å². The maximum Gasteiger partial charge on any atom is 0.416 e. The van der Waals surface area contributed by atoms with Crippen molar-refractivity contribution in [3.63, 3.8) is 0 Å². The number of benzene rings is 1. The molecule has 0 saturated carbocycles. The van der Waals surface area contributed by atoms with Crippen LogP contribution in [0.3, 0.4) is 0 Å². The fourth-order valence-corrected chi connectivity index (χ4v) is 1.45. The van der Waals surface area contributed by atoms with Gasteiger partial charge >= 0.3 is 12.4 Å². The lowest BCUT2D eigenvalue weighted by molar-refractivity contribution is -0.418. The normalized spacial score (nSPS) is 13.4. The van der Waals surface area contributed by atoms with Gasteiger partial charge in [0, 0.05) is 5.56 Å². The first-order valence-electron chi connectivity index (χ1n) is 5.47. The minimum absolute atomic E-state index is 0.0692. The number of ketones is 1. The number of Topliss-reactive ketones (excluding diaryl/α,β-unsaturated/α-hetero) is 1. The lowest BCUT2D eigenvalue weighted by Crippen LogP contribution is -2.14. The van der Waals surface area contributed by atoms with Crippen molar-refractivity contribution in [3.05, 3.63) is 40.1 Å². The summed E-state index contributed by atoms with van der Waals surface area (Å²) in [4.78, 5) is 11.6. The average Bonchev–Trinajstić information content (AvgIpc) is 2.33. The number of halogens is 6. The maximum absolute atomic E-state index is 12.6. The zero-order valence-corrected chi connectivity index (χ0v) is 10.5. The van der Waals surface area contributed by atoms with Gasteiger partial charge in [-0.05, 0) is 18.2 Å². The van der Waals surface area contributed by atoms with Gasteiger partial charge in [-0.15, -0.1) is 0 Å². The van der Waals surface area contributed by atoms with E-state index >= 15 is 0 Å². The van der Waals surface area contributed by atoms with Crippen LogP contribution in [0.25, 0.3) is 0 Å². The molecule has 0 bridgehead atoms. The number of alkyl halides is 6. The molecular formula is C12H9F6NO2. The average molecular weight is 313 g/mol. The lowest BCUT2D eigenvalue weighted by Gasteiger charge is -2.13. The third-order valence-corrected chi connectivity index (χ3v) is 2.44. The van der Waals surface area contributed by atoms with Gasteiger partial charge in [0.1, 0.15) is 7.05 Å². The maximum atomic E-state index is 12.6. The summed E-state index contributed by atoms with van der Waals surface area (Å²) >= 11 is 0. The predicted molar refractivity (Wildman–Crippen MR) is 61.0 cm³/mol. The fraction of sp³-hybridized carbons (Fsp3) is 0.333. The van der Waals surface area contributed by atoms with Gasteiger partial charge in [0.15, 0.2) is 12.0 Å². The lowest BCUT2D eigenvalue weighted by atomic mass is 10.0. The molecule has 0 radical (unpaired) electrons. The zero-order valence-electron chi connectivity index (χ0n) is 10.5. The summed E-state index contributed by atoms with van der Waals surface area (Å²) in [5.41, 5.74) is -3.90. The highest BCUT2D eigenvalue weighted by Crippen LogP contribution is 2.36. The van der Waals surface area contributed by atoms with E-state index in [-0.39, 0.29) is 10.8 Å². The molecule has 116 valence electrons. The molecule has 9 heteroatoms. The molecule has 0 heterocycles. The summed E-state index contributed by atoms with van der Waals surface area (Å²) in [6, 6.07) is 0.590. The molecular weight excluding hydrogens is 304 g/mol. The number of carbonyl (C=O) groups is 1. The summed E-state index contributed by atoms with van der Waals surface area (Å²) in [6.45, 7) is 0. The molecule has 1 aromatic carbocycles. The summed E-state index contributed by atoms with van der Waals surface area (Å²) < 4.78 is 75.6. The second-order valence-electron chi connectivity index (χ2n) is 4.15. The van der Waals surface area contributed by atoms with Gasteiger partial charge in [0.2, 0.25) is 0 Å². The van der Waals surface area contributed by atoms with Gasteiger partial charge in [0.25, 0.3) is 0 Å². The molecule has 3 nitrogen and oxygen atoms in total. The first-order chi connectivity index (χ1) is 9.41. The summed E-state index contributed by atoms with van der Waals surface area (Å²) in [7, 11) is 1.03. The van der Waals surface area contributed by atoms with Crippen molar-refractivity contribution in [2.75, 3.05) is 7.05 Å². The molecule has 0 aromatic heterocycles. The second-order valence-corrected chi connectivity index (χ2v) is 4.15. The fourth-order valence-electron chi connectivity index (χ4n) is 1.45. The van der Waals surface area contributed by atoms with E-state index in [0.717, 1.165) is 13.3 Å². The topological polar surface area (TPSA) is 43.1 Å².